The van der Waals surface area contributed by atoms with Crippen LogP contribution in [0.5, 0.6) is 11.5 Å². The van der Waals surface area contributed by atoms with Crippen molar-refractivity contribution >= 4 is 16.9 Å². The van der Waals surface area contributed by atoms with Crippen molar-refractivity contribution in [3.8, 4) is 33.8 Å². The topological polar surface area (TPSA) is 65.7 Å². The summed E-state index contributed by atoms with van der Waals surface area (Å²) in [7, 11) is 1.59. The number of esters is 1. The normalized spacial score (nSPS) is 10.7. The molecule has 0 spiro atoms. The van der Waals surface area contributed by atoms with E-state index in [1.54, 1.807) is 37.4 Å². The van der Waals surface area contributed by atoms with Crippen LogP contribution < -0.4 is 15.1 Å². The van der Waals surface area contributed by atoms with Gasteiger partial charge >= 0.3 is 11.6 Å². The smallest absolute Gasteiger partial charge is 0.344 e. The van der Waals surface area contributed by atoms with Gasteiger partial charge in [-0.25, -0.2) is 4.79 Å². The molecular formula is C24H18O5. The van der Waals surface area contributed by atoms with Crippen LogP contribution in [0.3, 0.4) is 0 Å². The molecule has 29 heavy (non-hydrogen) atoms. The van der Waals surface area contributed by atoms with Crippen LogP contribution in [0.4, 0.5) is 0 Å². The zero-order valence-corrected chi connectivity index (χ0v) is 16.0. The fourth-order valence-electron chi connectivity index (χ4n) is 3.33. The third-order valence-corrected chi connectivity index (χ3v) is 4.60. The van der Waals surface area contributed by atoms with Crippen molar-refractivity contribution < 1.29 is 18.7 Å². The van der Waals surface area contributed by atoms with E-state index in [1.807, 2.05) is 42.5 Å². The summed E-state index contributed by atoms with van der Waals surface area (Å²) in [5.74, 6) is 0.758. The maximum atomic E-state index is 12.9. The Morgan fingerprint density at radius 3 is 2.00 bits per heavy atom. The first-order chi connectivity index (χ1) is 14.1. The van der Waals surface area contributed by atoms with Crippen molar-refractivity contribution in [3.05, 3.63) is 83.2 Å². The molecule has 5 nitrogen and oxygen atoms in total. The van der Waals surface area contributed by atoms with E-state index >= 15 is 0 Å². The molecule has 0 bridgehead atoms. The molecule has 4 rings (SSSR count). The lowest BCUT2D eigenvalue weighted by atomic mass is 9.93. The molecule has 5 heteroatoms. The summed E-state index contributed by atoms with van der Waals surface area (Å²) in [6.07, 6.45) is 0. The van der Waals surface area contributed by atoms with E-state index in [2.05, 4.69) is 0 Å². The molecule has 1 aromatic heterocycles. The number of fused-ring (bicyclic) bond motifs is 1. The van der Waals surface area contributed by atoms with Gasteiger partial charge < -0.3 is 13.9 Å². The SMILES string of the molecule is COc1ccc(-c2c(-c3ccc(OC(C)=O)cc3)c3ccccc3oc2=O)cc1. The number of benzene rings is 3. The van der Waals surface area contributed by atoms with Gasteiger partial charge in [0.1, 0.15) is 17.1 Å². The van der Waals surface area contributed by atoms with Gasteiger partial charge in [0.15, 0.2) is 0 Å². The van der Waals surface area contributed by atoms with Crippen LogP contribution in [0.1, 0.15) is 6.92 Å². The molecule has 0 aliphatic rings. The van der Waals surface area contributed by atoms with Crippen LogP contribution in [0.25, 0.3) is 33.2 Å². The first-order valence-electron chi connectivity index (χ1n) is 9.06. The summed E-state index contributed by atoms with van der Waals surface area (Å²) >= 11 is 0. The van der Waals surface area contributed by atoms with E-state index in [0.717, 1.165) is 22.1 Å². The minimum atomic E-state index is -0.423. The molecule has 0 N–H and O–H groups in total. The fraction of sp³-hybridized carbons (Fsp3) is 0.0833. The van der Waals surface area contributed by atoms with E-state index in [4.69, 9.17) is 13.9 Å². The van der Waals surface area contributed by atoms with Crippen LogP contribution >= 0.6 is 0 Å². The Bertz CT molecular complexity index is 1240. The van der Waals surface area contributed by atoms with E-state index in [-0.39, 0.29) is 5.97 Å². The molecule has 0 amide bonds. The molecule has 3 aromatic carbocycles. The summed E-state index contributed by atoms with van der Waals surface area (Å²) in [4.78, 5) is 24.1. The minimum Gasteiger partial charge on any atom is -0.497 e. The molecule has 0 saturated heterocycles. The standard InChI is InChI=1S/C24H18O5/c1-15(25)28-19-13-9-16(10-14-19)22-20-5-3-4-6-21(20)29-24(26)23(22)17-7-11-18(27-2)12-8-17/h3-14H,1-2H3. The van der Waals surface area contributed by atoms with Gasteiger partial charge in [-0.1, -0.05) is 42.5 Å². The Hall–Kier alpha value is -3.86. The molecule has 0 unspecified atom stereocenters. The van der Waals surface area contributed by atoms with E-state index in [9.17, 15) is 9.59 Å². The molecule has 0 atom stereocenters. The van der Waals surface area contributed by atoms with Gasteiger partial charge in [-0.3, -0.25) is 4.79 Å². The molecule has 1 heterocycles. The fourth-order valence-corrected chi connectivity index (χ4v) is 3.33. The monoisotopic (exact) mass is 386 g/mol. The van der Waals surface area contributed by atoms with Gasteiger partial charge in [-0.15, -0.1) is 0 Å². The maximum absolute atomic E-state index is 12.9. The summed E-state index contributed by atoms with van der Waals surface area (Å²) < 4.78 is 15.9. The van der Waals surface area contributed by atoms with E-state index in [0.29, 0.717) is 22.6 Å². The number of carbonyl (C=O) groups is 1. The number of hydrogen-bond acceptors (Lipinski definition) is 5. The second kappa shape index (κ2) is 7.64. The number of methoxy groups -OCH3 is 1. The van der Waals surface area contributed by atoms with Crippen molar-refractivity contribution in [1.82, 2.24) is 0 Å². The van der Waals surface area contributed by atoms with E-state index in [1.165, 1.54) is 6.92 Å². The molecule has 0 saturated carbocycles. The van der Waals surface area contributed by atoms with Crippen LogP contribution in [0, 0.1) is 0 Å². The molecule has 0 fully saturated rings. The van der Waals surface area contributed by atoms with Crippen molar-refractivity contribution in [2.75, 3.05) is 7.11 Å². The van der Waals surface area contributed by atoms with Crippen LogP contribution in [0.15, 0.2) is 82.0 Å². The Kier molecular flexibility index (Phi) is 4.87. The third kappa shape index (κ3) is 3.62. The highest BCUT2D eigenvalue weighted by atomic mass is 16.5. The average molecular weight is 386 g/mol. The lowest BCUT2D eigenvalue weighted by Gasteiger charge is -2.13. The summed E-state index contributed by atoms with van der Waals surface area (Å²) in [6.45, 7) is 1.35. The van der Waals surface area contributed by atoms with Crippen molar-refractivity contribution in [3.63, 3.8) is 0 Å². The molecule has 0 aliphatic carbocycles. The molecule has 4 aromatic rings. The predicted octanol–water partition coefficient (Wildman–Crippen LogP) is 5.06. The average Bonchev–Trinajstić information content (AvgIpc) is 2.73. The zero-order valence-electron chi connectivity index (χ0n) is 16.0. The number of para-hydroxylation sites is 1. The first kappa shape index (κ1) is 18.5. The number of carbonyl (C=O) groups excluding carboxylic acids is 1. The summed E-state index contributed by atoms with van der Waals surface area (Å²) in [5, 5.41) is 0.818. The molecule has 0 radical (unpaired) electrons. The van der Waals surface area contributed by atoms with Gasteiger partial charge in [0, 0.05) is 17.9 Å². The van der Waals surface area contributed by atoms with E-state index < -0.39 is 5.63 Å². The van der Waals surface area contributed by atoms with Crippen LogP contribution in [-0.4, -0.2) is 13.1 Å². The highest BCUT2D eigenvalue weighted by molar-refractivity contribution is 6.01. The number of ether oxygens (including phenoxy) is 2. The van der Waals surface area contributed by atoms with Crippen molar-refractivity contribution in [2.45, 2.75) is 6.92 Å². The second-order valence-electron chi connectivity index (χ2n) is 6.48. The largest absolute Gasteiger partial charge is 0.497 e. The third-order valence-electron chi connectivity index (χ3n) is 4.60. The van der Waals surface area contributed by atoms with Gasteiger partial charge in [-0.2, -0.15) is 0 Å². The van der Waals surface area contributed by atoms with Crippen LogP contribution in [0.2, 0.25) is 0 Å². The molecular weight excluding hydrogens is 368 g/mol. The lowest BCUT2D eigenvalue weighted by Crippen LogP contribution is -2.06. The summed E-state index contributed by atoms with van der Waals surface area (Å²) in [6, 6.07) is 21.7. The van der Waals surface area contributed by atoms with Crippen molar-refractivity contribution in [2.24, 2.45) is 0 Å². The highest BCUT2D eigenvalue weighted by Gasteiger charge is 2.18. The molecule has 0 aliphatic heterocycles. The molecule has 144 valence electrons. The predicted molar refractivity (Wildman–Crippen MR) is 111 cm³/mol. The first-order valence-corrected chi connectivity index (χ1v) is 9.06. The second-order valence-corrected chi connectivity index (χ2v) is 6.48. The maximum Gasteiger partial charge on any atom is 0.344 e. The zero-order chi connectivity index (χ0) is 20.4. The highest BCUT2D eigenvalue weighted by Crippen LogP contribution is 2.36. The van der Waals surface area contributed by atoms with Gasteiger partial charge in [0.05, 0.1) is 12.7 Å². The Morgan fingerprint density at radius 1 is 0.793 bits per heavy atom. The lowest BCUT2D eigenvalue weighted by molar-refractivity contribution is -0.131. The van der Waals surface area contributed by atoms with Gasteiger partial charge in [0.2, 0.25) is 0 Å². The minimum absolute atomic E-state index is 0.387. The number of rotatable bonds is 4. The van der Waals surface area contributed by atoms with Crippen molar-refractivity contribution in [1.29, 1.82) is 0 Å². The Labute approximate surface area is 167 Å². The quantitative estimate of drug-likeness (QED) is 0.279. The van der Waals surface area contributed by atoms with Gasteiger partial charge in [0.25, 0.3) is 0 Å². The summed E-state index contributed by atoms with van der Waals surface area (Å²) in [5.41, 5.74) is 2.85. The Morgan fingerprint density at radius 2 is 1.38 bits per heavy atom. The van der Waals surface area contributed by atoms with Gasteiger partial charge in [-0.05, 0) is 41.5 Å². The van der Waals surface area contributed by atoms with Crippen LogP contribution in [-0.2, 0) is 4.79 Å². The number of hydrogen-bond donors (Lipinski definition) is 0. The Balaban J connectivity index is 1.97.